The monoisotopic (exact) mass is 273 g/mol. The highest BCUT2D eigenvalue weighted by Crippen LogP contribution is 2.48. The van der Waals surface area contributed by atoms with Crippen LogP contribution >= 0.6 is 11.3 Å². The summed E-state index contributed by atoms with van der Waals surface area (Å²) in [5.41, 5.74) is 1.38. The standard InChI is InChI=1S/C14H15N3OS/c18-12-3-6-15-14(16-12)17-7-4-11-10(5-8-19-11)13(17)9-1-2-9/h3,5-6,8-9,13H,1-2,4,7H2,(H,15,16,18)/t13-/m1/s1. The molecule has 2 aromatic rings. The van der Waals surface area contributed by atoms with Crippen molar-refractivity contribution in [2.24, 2.45) is 5.92 Å². The molecule has 1 aliphatic heterocycles. The van der Waals surface area contributed by atoms with E-state index in [2.05, 4.69) is 26.3 Å². The second-order valence-electron chi connectivity index (χ2n) is 5.28. The van der Waals surface area contributed by atoms with Crippen molar-refractivity contribution >= 4 is 17.3 Å². The Bertz CT molecular complexity index is 658. The first kappa shape index (κ1) is 11.2. The van der Waals surface area contributed by atoms with Crippen molar-refractivity contribution in [2.75, 3.05) is 11.4 Å². The maximum absolute atomic E-state index is 11.5. The van der Waals surface area contributed by atoms with E-state index < -0.39 is 0 Å². The van der Waals surface area contributed by atoms with Crippen molar-refractivity contribution in [2.45, 2.75) is 25.3 Å². The summed E-state index contributed by atoms with van der Waals surface area (Å²) >= 11 is 1.86. The minimum absolute atomic E-state index is 0.0735. The van der Waals surface area contributed by atoms with E-state index in [1.165, 1.54) is 29.3 Å². The van der Waals surface area contributed by atoms with Crippen molar-refractivity contribution in [3.05, 3.63) is 44.5 Å². The molecular formula is C14H15N3OS. The van der Waals surface area contributed by atoms with Crippen molar-refractivity contribution in [1.82, 2.24) is 9.97 Å². The third-order valence-electron chi connectivity index (χ3n) is 4.01. The van der Waals surface area contributed by atoms with Gasteiger partial charge >= 0.3 is 0 Å². The van der Waals surface area contributed by atoms with Crippen LogP contribution in [0.25, 0.3) is 0 Å². The Morgan fingerprint density at radius 3 is 3.05 bits per heavy atom. The van der Waals surface area contributed by atoms with E-state index in [4.69, 9.17) is 0 Å². The number of rotatable bonds is 2. The van der Waals surface area contributed by atoms with Crippen LogP contribution in [0.5, 0.6) is 0 Å². The molecule has 0 bridgehead atoms. The number of H-pyrrole nitrogens is 1. The van der Waals surface area contributed by atoms with Crippen LogP contribution in [0, 0.1) is 5.92 Å². The Balaban J connectivity index is 1.78. The molecular weight excluding hydrogens is 258 g/mol. The fourth-order valence-electron chi connectivity index (χ4n) is 3.01. The maximum Gasteiger partial charge on any atom is 0.252 e. The smallest absolute Gasteiger partial charge is 0.252 e. The van der Waals surface area contributed by atoms with Gasteiger partial charge < -0.3 is 4.90 Å². The zero-order chi connectivity index (χ0) is 12.8. The number of aromatic nitrogens is 2. The molecule has 2 aromatic heterocycles. The van der Waals surface area contributed by atoms with Crippen molar-refractivity contribution in [3.8, 4) is 0 Å². The van der Waals surface area contributed by atoms with Gasteiger partial charge in [0.1, 0.15) is 0 Å². The zero-order valence-electron chi connectivity index (χ0n) is 10.5. The van der Waals surface area contributed by atoms with E-state index in [0.717, 1.165) is 24.8 Å². The summed E-state index contributed by atoms with van der Waals surface area (Å²) in [5, 5.41) is 2.19. The zero-order valence-corrected chi connectivity index (χ0v) is 11.3. The van der Waals surface area contributed by atoms with Gasteiger partial charge in [-0.2, -0.15) is 0 Å². The van der Waals surface area contributed by atoms with Crippen LogP contribution in [0.3, 0.4) is 0 Å². The molecule has 4 rings (SSSR count). The molecule has 0 radical (unpaired) electrons. The predicted octanol–water partition coefficient (Wildman–Crippen LogP) is 2.35. The lowest BCUT2D eigenvalue weighted by atomic mass is 9.96. The van der Waals surface area contributed by atoms with Crippen molar-refractivity contribution < 1.29 is 0 Å². The van der Waals surface area contributed by atoms with Gasteiger partial charge in [0, 0.05) is 23.7 Å². The van der Waals surface area contributed by atoms with Crippen molar-refractivity contribution in [1.29, 1.82) is 0 Å². The highest BCUT2D eigenvalue weighted by atomic mass is 32.1. The fraction of sp³-hybridized carbons (Fsp3) is 0.429. The Morgan fingerprint density at radius 1 is 1.37 bits per heavy atom. The largest absolute Gasteiger partial charge is 0.335 e. The lowest BCUT2D eigenvalue weighted by molar-refractivity contribution is 0.521. The Morgan fingerprint density at radius 2 is 2.26 bits per heavy atom. The Hall–Kier alpha value is -1.62. The van der Waals surface area contributed by atoms with Crippen LogP contribution in [0.2, 0.25) is 0 Å². The second kappa shape index (κ2) is 4.20. The Kier molecular flexibility index (Phi) is 2.48. The minimum atomic E-state index is -0.0735. The second-order valence-corrected chi connectivity index (χ2v) is 6.28. The molecule has 0 aromatic carbocycles. The molecule has 0 saturated heterocycles. The maximum atomic E-state index is 11.5. The van der Waals surface area contributed by atoms with Gasteiger partial charge in [-0.3, -0.25) is 9.78 Å². The summed E-state index contributed by atoms with van der Waals surface area (Å²) in [6.45, 7) is 0.946. The highest BCUT2D eigenvalue weighted by molar-refractivity contribution is 7.10. The molecule has 1 aliphatic carbocycles. The summed E-state index contributed by atoms with van der Waals surface area (Å²) in [6, 6.07) is 4.12. The lowest BCUT2D eigenvalue weighted by Crippen LogP contribution is -2.37. The van der Waals surface area contributed by atoms with Crippen LogP contribution < -0.4 is 10.5 Å². The predicted molar refractivity (Wildman–Crippen MR) is 75.7 cm³/mol. The van der Waals surface area contributed by atoms with Crippen LogP contribution in [0.15, 0.2) is 28.5 Å². The summed E-state index contributed by atoms with van der Waals surface area (Å²) < 4.78 is 0. The number of nitrogens with zero attached hydrogens (tertiary/aromatic N) is 2. The molecule has 0 amide bonds. The van der Waals surface area contributed by atoms with E-state index >= 15 is 0 Å². The van der Waals surface area contributed by atoms with Gasteiger partial charge in [-0.05, 0) is 42.2 Å². The average molecular weight is 273 g/mol. The van der Waals surface area contributed by atoms with Crippen molar-refractivity contribution in [3.63, 3.8) is 0 Å². The number of anilines is 1. The molecule has 3 heterocycles. The first-order chi connectivity index (χ1) is 9.33. The SMILES string of the molecule is O=c1ccnc(N2CCc3sccc3[C@H]2C2CC2)[nH]1. The summed E-state index contributed by atoms with van der Waals surface area (Å²) in [5.74, 6) is 1.44. The number of hydrogen-bond acceptors (Lipinski definition) is 4. The minimum Gasteiger partial charge on any atom is -0.335 e. The number of thiophene rings is 1. The fourth-order valence-corrected chi connectivity index (χ4v) is 3.92. The summed E-state index contributed by atoms with van der Waals surface area (Å²) in [4.78, 5) is 22.5. The molecule has 4 nitrogen and oxygen atoms in total. The lowest BCUT2D eigenvalue weighted by Gasteiger charge is -2.36. The molecule has 19 heavy (non-hydrogen) atoms. The number of hydrogen-bond donors (Lipinski definition) is 1. The topological polar surface area (TPSA) is 49.0 Å². The number of fused-ring (bicyclic) bond motifs is 1. The molecule has 5 heteroatoms. The van der Waals surface area contributed by atoms with Gasteiger partial charge in [-0.25, -0.2) is 4.98 Å². The molecule has 1 saturated carbocycles. The summed E-state index contributed by atoms with van der Waals surface area (Å²) in [7, 11) is 0. The third kappa shape index (κ3) is 1.89. The van der Waals surface area contributed by atoms with Gasteiger partial charge in [0.15, 0.2) is 0 Å². The number of aromatic amines is 1. The van der Waals surface area contributed by atoms with Crippen LogP contribution in [-0.4, -0.2) is 16.5 Å². The molecule has 1 N–H and O–H groups in total. The van der Waals surface area contributed by atoms with E-state index in [0.29, 0.717) is 6.04 Å². The van der Waals surface area contributed by atoms with E-state index in [-0.39, 0.29) is 5.56 Å². The van der Waals surface area contributed by atoms with Crippen LogP contribution in [0.1, 0.15) is 29.3 Å². The van der Waals surface area contributed by atoms with Crippen LogP contribution in [0.4, 0.5) is 5.95 Å². The van der Waals surface area contributed by atoms with Gasteiger partial charge in [-0.15, -0.1) is 11.3 Å². The molecule has 0 spiro atoms. The van der Waals surface area contributed by atoms with Gasteiger partial charge in [0.25, 0.3) is 5.56 Å². The average Bonchev–Trinajstić information content (AvgIpc) is 3.14. The van der Waals surface area contributed by atoms with E-state index in [1.54, 1.807) is 6.20 Å². The van der Waals surface area contributed by atoms with Gasteiger partial charge in [0.2, 0.25) is 5.95 Å². The molecule has 98 valence electrons. The number of nitrogens with one attached hydrogen (secondary N) is 1. The first-order valence-corrected chi connectivity index (χ1v) is 7.59. The molecule has 0 unspecified atom stereocenters. The van der Waals surface area contributed by atoms with Crippen LogP contribution in [-0.2, 0) is 6.42 Å². The highest BCUT2D eigenvalue weighted by Gasteiger charge is 2.40. The quantitative estimate of drug-likeness (QED) is 0.913. The van der Waals surface area contributed by atoms with Gasteiger partial charge in [0.05, 0.1) is 6.04 Å². The molecule has 1 atom stereocenters. The van der Waals surface area contributed by atoms with E-state index in [1.807, 2.05) is 11.3 Å². The molecule has 2 aliphatic rings. The first-order valence-electron chi connectivity index (χ1n) is 6.71. The molecule has 1 fully saturated rings. The van der Waals surface area contributed by atoms with Gasteiger partial charge in [-0.1, -0.05) is 0 Å². The third-order valence-corrected chi connectivity index (χ3v) is 5.01. The normalized spacial score (nSPS) is 22.3. The summed E-state index contributed by atoms with van der Waals surface area (Å²) in [6.07, 6.45) is 5.22. The Labute approximate surface area is 115 Å². The van der Waals surface area contributed by atoms with E-state index in [9.17, 15) is 4.79 Å².